The maximum atomic E-state index is 11.3. The number of alkyl carbamates (subject to hydrolysis) is 1. The van der Waals surface area contributed by atoms with Gasteiger partial charge >= 0.3 is 6.09 Å². The van der Waals surface area contributed by atoms with Crippen LogP contribution < -0.4 is 5.32 Å². The molecule has 0 aromatic carbocycles. The molecule has 1 atom stereocenters. The third kappa shape index (κ3) is 4.86. The van der Waals surface area contributed by atoms with Crippen LogP contribution in [0.5, 0.6) is 0 Å². The highest BCUT2D eigenvalue weighted by Gasteiger charge is 2.17. The predicted molar refractivity (Wildman–Crippen MR) is 67.1 cm³/mol. The molecule has 16 heavy (non-hydrogen) atoms. The number of hydrogen-bond donors (Lipinski definition) is 1. The van der Waals surface area contributed by atoms with E-state index in [2.05, 4.69) is 5.32 Å². The molecule has 0 radical (unpaired) electrons. The number of hydrogen-bond acceptors (Lipinski definition) is 3. The second-order valence-electron chi connectivity index (χ2n) is 4.37. The van der Waals surface area contributed by atoms with Gasteiger partial charge in [0.1, 0.15) is 5.60 Å². The van der Waals surface area contributed by atoms with E-state index in [9.17, 15) is 4.79 Å². The molecule has 1 amide bonds. The standard InChI is InChI=1S/C11H16ClNO2S/c1-11(2,3)15-10(14)13-7-8(12)9-5-4-6-16-9/h4-6,8H,7H2,1-3H3,(H,13,14). The van der Waals surface area contributed by atoms with Gasteiger partial charge in [-0.15, -0.1) is 22.9 Å². The van der Waals surface area contributed by atoms with Crippen molar-refractivity contribution in [3.8, 4) is 0 Å². The van der Waals surface area contributed by atoms with Crippen molar-refractivity contribution >= 4 is 29.0 Å². The summed E-state index contributed by atoms with van der Waals surface area (Å²) in [5.41, 5.74) is -0.477. The van der Waals surface area contributed by atoms with Gasteiger partial charge in [-0.25, -0.2) is 4.79 Å². The van der Waals surface area contributed by atoms with Crippen molar-refractivity contribution in [3.05, 3.63) is 22.4 Å². The molecular formula is C11H16ClNO2S. The highest BCUT2D eigenvalue weighted by Crippen LogP contribution is 2.24. The molecule has 3 nitrogen and oxygen atoms in total. The molecule has 1 rings (SSSR count). The van der Waals surface area contributed by atoms with Crippen molar-refractivity contribution in [2.24, 2.45) is 0 Å². The van der Waals surface area contributed by atoms with E-state index in [1.807, 2.05) is 38.3 Å². The minimum Gasteiger partial charge on any atom is -0.444 e. The molecule has 0 fully saturated rings. The quantitative estimate of drug-likeness (QED) is 0.845. The Morgan fingerprint density at radius 3 is 2.81 bits per heavy atom. The van der Waals surface area contributed by atoms with Gasteiger partial charge in [0.2, 0.25) is 0 Å². The molecule has 0 saturated carbocycles. The number of halogens is 1. The Kier molecular flexibility index (Phi) is 4.62. The van der Waals surface area contributed by atoms with Crippen LogP contribution in [0.15, 0.2) is 17.5 Å². The Hall–Kier alpha value is -0.740. The number of thiophene rings is 1. The van der Waals surface area contributed by atoms with Crippen molar-refractivity contribution in [3.63, 3.8) is 0 Å². The van der Waals surface area contributed by atoms with Gasteiger partial charge in [0.05, 0.1) is 5.38 Å². The van der Waals surface area contributed by atoms with Gasteiger partial charge in [0, 0.05) is 11.4 Å². The molecule has 0 aliphatic carbocycles. The first-order valence-electron chi connectivity index (χ1n) is 5.03. The molecule has 5 heteroatoms. The minimum atomic E-state index is -0.477. The number of rotatable bonds is 3. The average Bonchev–Trinajstić information content (AvgIpc) is 2.64. The summed E-state index contributed by atoms with van der Waals surface area (Å²) in [6.07, 6.45) is -0.435. The Morgan fingerprint density at radius 2 is 2.31 bits per heavy atom. The zero-order valence-electron chi connectivity index (χ0n) is 9.62. The highest BCUT2D eigenvalue weighted by atomic mass is 35.5. The van der Waals surface area contributed by atoms with Crippen molar-refractivity contribution in [1.29, 1.82) is 0 Å². The summed E-state index contributed by atoms with van der Waals surface area (Å²) >= 11 is 7.67. The van der Waals surface area contributed by atoms with Crippen LogP contribution in [0.4, 0.5) is 4.79 Å². The van der Waals surface area contributed by atoms with Crippen LogP contribution in [-0.2, 0) is 4.74 Å². The zero-order chi connectivity index (χ0) is 12.2. The molecule has 90 valence electrons. The third-order valence-corrected chi connectivity index (χ3v) is 3.18. The SMILES string of the molecule is CC(C)(C)OC(=O)NCC(Cl)c1cccs1. The third-order valence-electron chi connectivity index (χ3n) is 1.68. The van der Waals surface area contributed by atoms with E-state index in [0.717, 1.165) is 4.88 Å². The number of alkyl halides is 1. The average molecular weight is 262 g/mol. The molecule has 1 N–H and O–H groups in total. The van der Waals surface area contributed by atoms with Crippen molar-refractivity contribution in [1.82, 2.24) is 5.32 Å². The van der Waals surface area contributed by atoms with E-state index in [-0.39, 0.29) is 5.38 Å². The number of carbonyl (C=O) groups is 1. The van der Waals surface area contributed by atoms with E-state index in [1.54, 1.807) is 11.3 Å². The first-order chi connectivity index (χ1) is 7.38. The fourth-order valence-corrected chi connectivity index (χ4v) is 2.06. The van der Waals surface area contributed by atoms with E-state index in [4.69, 9.17) is 16.3 Å². The lowest BCUT2D eigenvalue weighted by Gasteiger charge is -2.20. The number of carbonyl (C=O) groups excluding carboxylic acids is 1. The van der Waals surface area contributed by atoms with Crippen LogP contribution >= 0.6 is 22.9 Å². The molecule has 0 saturated heterocycles. The Morgan fingerprint density at radius 1 is 1.62 bits per heavy atom. The summed E-state index contributed by atoms with van der Waals surface area (Å²) in [6, 6.07) is 3.88. The van der Waals surface area contributed by atoms with Gasteiger partial charge in [0.15, 0.2) is 0 Å². The lowest BCUT2D eigenvalue weighted by molar-refractivity contribution is 0.0528. The molecule has 1 aromatic heterocycles. The smallest absolute Gasteiger partial charge is 0.407 e. The fourth-order valence-electron chi connectivity index (χ4n) is 1.06. The van der Waals surface area contributed by atoms with Gasteiger partial charge in [-0.3, -0.25) is 0 Å². The lowest BCUT2D eigenvalue weighted by Crippen LogP contribution is -2.34. The lowest BCUT2D eigenvalue weighted by atomic mass is 10.2. The number of ether oxygens (including phenoxy) is 1. The van der Waals surface area contributed by atoms with E-state index < -0.39 is 11.7 Å². The maximum Gasteiger partial charge on any atom is 0.407 e. The first-order valence-corrected chi connectivity index (χ1v) is 6.34. The predicted octanol–water partition coefficient (Wildman–Crippen LogP) is 3.55. The highest BCUT2D eigenvalue weighted by molar-refractivity contribution is 7.10. The van der Waals surface area contributed by atoms with Crippen molar-refractivity contribution < 1.29 is 9.53 Å². The maximum absolute atomic E-state index is 11.3. The van der Waals surface area contributed by atoms with Gasteiger partial charge in [0.25, 0.3) is 0 Å². The largest absolute Gasteiger partial charge is 0.444 e. The molecule has 1 heterocycles. The molecule has 1 unspecified atom stereocenters. The fraction of sp³-hybridized carbons (Fsp3) is 0.545. The van der Waals surface area contributed by atoms with Crippen molar-refractivity contribution in [2.75, 3.05) is 6.54 Å². The van der Waals surface area contributed by atoms with Crippen molar-refractivity contribution in [2.45, 2.75) is 31.7 Å². The van der Waals surface area contributed by atoms with E-state index in [1.165, 1.54) is 0 Å². The Labute approximate surface area is 105 Å². The van der Waals surface area contributed by atoms with Crippen LogP contribution in [0.2, 0.25) is 0 Å². The summed E-state index contributed by atoms with van der Waals surface area (Å²) in [7, 11) is 0. The Balaban J connectivity index is 2.32. The van der Waals surface area contributed by atoms with Gasteiger partial charge in [-0.2, -0.15) is 0 Å². The van der Waals surface area contributed by atoms with Crippen LogP contribution in [-0.4, -0.2) is 18.2 Å². The van der Waals surface area contributed by atoms with E-state index in [0.29, 0.717) is 6.54 Å². The molecule has 0 aliphatic heterocycles. The molecule has 1 aromatic rings. The van der Waals surface area contributed by atoms with Gasteiger partial charge in [-0.1, -0.05) is 6.07 Å². The summed E-state index contributed by atoms with van der Waals surface area (Å²) in [5, 5.41) is 4.40. The summed E-state index contributed by atoms with van der Waals surface area (Å²) in [4.78, 5) is 12.4. The number of nitrogens with one attached hydrogen (secondary N) is 1. The second kappa shape index (κ2) is 5.55. The molecule has 0 aliphatic rings. The van der Waals surface area contributed by atoms with Crippen LogP contribution in [0.3, 0.4) is 0 Å². The second-order valence-corrected chi connectivity index (χ2v) is 5.87. The molecule has 0 spiro atoms. The van der Waals surface area contributed by atoms with Crippen LogP contribution in [0.25, 0.3) is 0 Å². The first kappa shape index (κ1) is 13.3. The summed E-state index contributed by atoms with van der Waals surface area (Å²) < 4.78 is 5.10. The van der Waals surface area contributed by atoms with Gasteiger partial charge in [-0.05, 0) is 32.2 Å². The van der Waals surface area contributed by atoms with Crippen LogP contribution in [0.1, 0.15) is 31.0 Å². The zero-order valence-corrected chi connectivity index (χ0v) is 11.2. The monoisotopic (exact) mass is 261 g/mol. The summed E-state index contributed by atoms with van der Waals surface area (Å²) in [6.45, 7) is 5.84. The van der Waals surface area contributed by atoms with Crippen LogP contribution in [0, 0.1) is 0 Å². The Bertz CT molecular complexity index is 332. The minimum absolute atomic E-state index is 0.201. The van der Waals surface area contributed by atoms with E-state index >= 15 is 0 Å². The molecular weight excluding hydrogens is 246 g/mol. The summed E-state index contributed by atoms with van der Waals surface area (Å²) in [5.74, 6) is 0. The topological polar surface area (TPSA) is 38.3 Å². The molecule has 0 bridgehead atoms. The number of amides is 1. The van der Waals surface area contributed by atoms with Gasteiger partial charge < -0.3 is 10.1 Å². The normalized spacial score (nSPS) is 13.2.